The van der Waals surface area contributed by atoms with Gasteiger partial charge in [-0.05, 0) is 31.4 Å². The van der Waals surface area contributed by atoms with Crippen LogP contribution in [0.5, 0.6) is 5.75 Å². The van der Waals surface area contributed by atoms with Gasteiger partial charge in [-0.3, -0.25) is 4.79 Å². The smallest absolute Gasteiger partial charge is 0.223 e. The summed E-state index contributed by atoms with van der Waals surface area (Å²) < 4.78 is 5.53. The first-order valence-corrected chi connectivity index (χ1v) is 6.81. The summed E-state index contributed by atoms with van der Waals surface area (Å²) in [4.78, 5) is 11.6. The van der Waals surface area contributed by atoms with Gasteiger partial charge in [-0.25, -0.2) is 0 Å². The van der Waals surface area contributed by atoms with Crippen molar-refractivity contribution in [2.24, 2.45) is 5.92 Å². The second kappa shape index (κ2) is 6.57. The van der Waals surface area contributed by atoms with E-state index in [0.29, 0.717) is 0 Å². The Morgan fingerprint density at radius 1 is 1.47 bits per heavy atom. The molecule has 1 unspecified atom stereocenters. The number of benzene rings is 1. The van der Waals surface area contributed by atoms with Gasteiger partial charge in [0.25, 0.3) is 0 Å². The van der Waals surface area contributed by atoms with Crippen molar-refractivity contribution in [3.05, 3.63) is 29.8 Å². The van der Waals surface area contributed by atoms with E-state index < -0.39 is 6.10 Å². The zero-order valence-electron chi connectivity index (χ0n) is 11.3. The average molecular weight is 263 g/mol. The first-order chi connectivity index (χ1) is 9.16. The molecule has 19 heavy (non-hydrogen) atoms. The fraction of sp³-hybridized carbons (Fsp3) is 0.533. The Labute approximate surface area is 113 Å². The van der Waals surface area contributed by atoms with E-state index in [1.165, 1.54) is 0 Å². The van der Waals surface area contributed by atoms with Crippen LogP contribution in [0, 0.1) is 12.8 Å². The van der Waals surface area contributed by atoms with Crippen molar-refractivity contribution in [3.8, 4) is 5.75 Å². The van der Waals surface area contributed by atoms with E-state index in [0.717, 1.165) is 30.6 Å². The number of aliphatic hydroxyl groups excluding tert-OH is 1. The molecule has 2 rings (SSSR count). The number of hydrogen-bond acceptors (Lipinski definition) is 3. The first kappa shape index (κ1) is 13.9. The van der Waals surface area contributed by atoms with Gasteiger partial charge in [0.05, 0.1) is 0 Å². The van der Waals surface area contributed by atoms with Gasteiger partial charge in [-0.2, -0.15) is 0 Å². The van der Waals surface area contributed by atoms with Gasteiger partial charge in [0.2, 0.25) is 5.91 Å². The van der Waals surface area contributed by atoms with Crippen LogP contribution in [0.15, 0.2) is 24.3 Å². The quantitative estimate of drug-likeness (QED) is 0.820. The number of carbonyl (C=O) groups excluding carboxylic acids is 1. The Morgan fingerprint density at radius 2 is 2.21 bits per heavy atom. The van der Waals surface area contributed by atoms with E-state index in [-0.39, 0.29) is 25.0 Å². The Balaban J connectivity index is 1.68. The van der Waals surface area contributed by atoms with Crippen molar-refractivity contribution < 1.29 is 14.6 Å². The summed E-state index contributed by atoms with van der Waals surface area (Å²) in [5, 5.41) is 12.5. The Hall–Kier alpha value is -1.55. The van der Waals surface area contributed by atoms with Crippen LogP contribution in [-0.4, -0.2) is 30.3 Å². The van der Waals surface area contributed by atoms with Crippen molar-refractivity contribution in [1.29, 1.82) is 0 Å². The van der Waals surface area contributed by atoms with Crippen LogP contribution < -0.4 is 10.1 Å². The van der Waals surface area contributed by atoms with E-state index in [4.69, 9.17) is 4.74 Å². The zero-order chi connectivity index (χ0) is 13.7. The van der Waals surface area contributed by atoms with Gasteiger partial charge in [0.15, 0.2) is 0 Å². The molecule has 0 heterocycles. The minimum absolute atomic E-state index is 0.0567. The lowest BCUT2D eigenvalue weighted by Gasteiger charge is -2.24. The highest BCUT2D eigenvalue weighted by molar-refractivity contribution is 5.79. The molecule has 1 aliphatic carbocycles. The largest absolute Gasteiger partial charge is 0.491 e. The predicted octanol–water partition coefficient (Wildman–Crippen LogP) is 1.65. The summed E-state index contributed by atoms with van der Waals surface area (Å²) in [6, 6.07) is 7.67. The zero-order valence-corrected chi connectivity index (χ0v) is 11.3. The SMILES string of the molecule is Cc1ccccc1OCC(O)CNC(=O)C1CCC1. The summed E-state index contributed by atoms with van der Waals surface area (Å²) in [5.41, 5.74) is 1.04. The number of amides is 1. The molecular formula is C15H21NO3. The third-order valence-corrected chi connectivity index (χ3v) is 3.51. The lowest BCUT2D eigenvalue weighted by molar-refractivity contribution is -0.127. The average Bonchev–Trinajstić information content (AvgIpc) is 2.33. The molecule has 4 nitrogen and oxygen atoms in total. The van der Waals surface area contributed by atoms with Crippen LogP contribution in [0.1, 0.15) is 24.8 Å². The fourth-order valence-electron chi connectivity index (χ4n) is 2.00. The van der Waals surface area contributed by atoms with Crippen molar-refractivity contribution in [1.82, 2.24) is 5.32 Å². The lowest BCUT2D eigenvalue weighted by atomic mass is 9.85. The Morgan fingerprint density at radius 3 is 2.84 bits per heavy atom. The molecule has 2 N–H and O–H groups in total. The molecule has 0 radical (unpaired) electrons. The van der Waals surface area contributed by atoms with Gasteiger partial charge in [-0.15, -0.1) is 0 Å². The van der Waals surface area contributed by atoms with Crippen LogP contribution in [-0.2, 0) is 4.79 Å². The number of nitrogens with one attached hydrogen (secondary N) is 1. The van der Waals surface area contributed by atoms with E-state index in [9.17, 15) is 9.90 Å². The van der Waals surface area contributed by atoms with E-state index in [1.54, 1.807) is 0 Å². The number of ether oxygens (including phenoxy) is 1. The molecular weight excluding hydrogens is 242 g/mol. The van der Waals surface area contributed by atoms with E-state index in [2.05, 4.69) is 5.32 Å². The molecule has 1 fully saturated rings. The Kier molecular flexibility index (Phi) is 4.80. The highest BCUT2D eigenvalue weighted by Crippen LogP contribution is 2.26. The lowest BCUT2D eigenvalue weighted by Crippen LogP contribution is -2.40. The summed E-state index contributed by atoms with van der Waals surface area (Å²) in [7, 11) is 0. The summed E-state index contributed by atoms with van der Waals surface area (Å²) >= 11 is 0. The molecule has 1 aromatic carbocycles. The molecule has 1 saturated carbocycles. The van der Waals surface area contributed by atoms with Crippen LogP contribution >= 0.6 is 0 Å². The molecule has 104 valence electrons. The van der Waals surface area contributed by atoms with Gasteiger partial charge >= 0.3 is 0 Å². The predicted molar refractivity (Wildman–Crippen MR) is 73.0 cm³/mol. The second-order valence-electron chi connectivity index (χ2n) is 5.10. The van der Waals surface area contributed by atoms with Crippen LogP contribution in [0.3, 0.4) is 0 Å². The minimum Gasteiger partial charge on any atom is -0.491 e. The monoisotopic (exact) mass is 263 g/mol. The van der Waals surface area contributed by atoms with Gasteiger partial charge in [-0.1, -0.05) is 24.6 Å². The molecule has 0 bridgehead atoms. The third-order valence-electron chi connectivity index (χ3n) is 3.51. The van der Waals surface area contributed by atoms with Crippen molar-refractivity contribution >= 4 is 5.91 Å². The summed E-state index contributed by atoms with van der Waals surface area (Å²) in [6.45, 7) is 2.40. The Bertz CT molecular complexity index is 429. The highest BCUT2D eigenvalue weighted by atomic mass is 16.5. The highest BCUT2D eigenvalue weighted by Gasteiger charge is 2.25. The molecule has 0 aliphatic heterocycles. The van der Waals surface area contributed by atoms with Crippen LogP contribution in [0.25, 0.3) is 0 Å². The van der Waals surface area contributed by atoms with Gasteiger partial charge < -0.3 is 15.2 Å². The number of carbonyl (C=O) groups is 1. The standard InChI is InChI=1S/C15H21NO3/c1-11-5-2-3-8-14(11)19-10-13(17)9-16-15(18)12-6-4-7-12/h2-3,5,8,12-13,17H,4,6-7,9-10H2,1H3,(H,16,18). The molecule has 0 spiro atoms. The minimum atomic E-state index is -0.677. The molecule has 1 atom stereocenters. The van der Waals surface area contributed by atoms with Crippen LogP contribution in [0.4, 0.5) is 0 Å². The first-order valence-electron chi connectivity index (χ1n) is 6.81. The fourth-order valence-corrected chi connectivity index (χ4v) is 2.00. The maximum absolute atomic E-state index is 11.6. The topological polar surface area (TPSA) is 58.6 Å². The molecule has 1 aliphatic rings. The van der Waals surface area contributed by atoms with Crippen molar-refractivity contribution in [2.75, 3.05) is 13.2 Å². The number of aryl methyl sites for hydroxylation is 1. The molecule has 0 aromatic heterocycles. The summed E-state index contributed by atoms with van der Waals surface area (Å²) in [6.07, 6.45) is 2.41. The maximum atomic E-state index is 11.6. The number of rotatable bonds is 6. The molecule has 1 aromatic rings. The van der Waals surface area contributed by atoms with Crippen LogP contribution in [0.2, 0.25) is 0 Å². The van der Waals surface area contributed by atoms with Gasteiger partial charge in [0.1, 0.15) is 18.5 Å². The number of para-hydroxylation sites is 1. The van der Waals surface area contributed by atoms with E-state index >= 15 is 0 Å². The molecule has 1 amide bonds. The number of aliphatic hydroxyl groups is 1. The number of hydrogen-bond donors (Lipinski definition) is 2. The van der Waals surface area contributed by atoms with Crippen molar-refractivity contribution in [2.45, 2.75) is 32.3 Å². The summed E-state index contributed by atoms with van der Waals surface area (Å²) in [5.74, 6) is 0.984. The molecule has 0 saturated heterocycles. The normalized spacial score (nSPS) is 16.5. The third kappa shape index (κ3) is 3.96. The maximum Gasteiger partial charge on any atom is 0.223 e. The van der Waals surface area contributed by atoms with Gasteiger partial charge in [0, 0.05) is 12.5 Å². The molecule has 4 heteroatoms. The van der Waals surface area contributed by atoms with Crippen molar-refractivity contribution in [3.63, 3.8) is 0 Å². The van der Waals surface area contributed by atoms with E-state index in [1.807, 2.05) is 31.2 Å². The second-order valence-corrected chi connectivity index (χ2v) is 5.10.